The van der Waals surface area contributed by atoms with Gasteiger partial charge in [0.2, 0.25) is 0 Å². The number of H-pyrrole nitrogens is 1. The first-order valence-corrected chi connectivity index (χ1v) is 11.6. The highest BCUT2D eigenvalue weighted by molar-refractivity contribution is 7.90. The van der Waals surface area contributed by atoms with Crippen LogP contribution in [0.4, 0.5) is 0 Å². The molecular weight excluding hydrogens is 402 g/mol. The Morgan fingerprint density at radius 1 is 1.27 bits per heavy atom. The van der Waals surface area contributed by atoms with Gasteiger partial charge in [-0.25, -0.2) is 0 Å². The van der Waals surface area contributed by atoms with Crippen molar-refractivity contribution >= 4 is 22.2 Å². The van der Waals surface area contributed by atoms with Crippen LogP contribution in [0.3, 0.4) is 0 Å². The maximum Gasteiger partial charge on any atom is 0.322 e. The third-order valence-electron chi connectivity index (χ3n) is 6.03. The number of rotatable bonds is 6. The van der Waals surface area contributed by atoms with Crippen LogP contribution in [-0.2, 0) is 26.4 Å². The summed E-state index contributed by atoms with van der Waals surface area (Å²) in [5.41, 5.74) is 3.34. The van der Waals surface area contributed by atoms with Gasteiger partial charge in [-0.05, 0) is 38.0 Å². The van der Waals surface area contributed by atoms with Gasteiger partial charge in [0.15, 0.2) is 11.5 Å². The lowest BCUT2D eigenvalue weighted by atomic mass is 10.0. The summed E-state index contributed by atoms with van der Waals surface area (Å²) in [7, 11) is 0. The van der Waals surface area contributed by atoms with E-state index in [1.54, 1.807) is 6.20 Å². The van der Waals surface area contributed by atoms with E-state index in [1.165, 1.54) is 0 Å². The zero-order chi connectivity index (χ0) is 20.6. The average Bonchev–Trinajstić information content (AvgIpc) is 3.49. The number of ether oxygens (including phenoxy) is 3. The molecular formula is C22H25N3O4S. The van der Waals surface area contributed by atoms with E-state index in [0.717, 1.165) is 47.3 Å². The van der Waals surface area contributed by atoms with Crippen molar-refractivity contribution in [3.8, 4) is 5.75 Å². The van der Waals surface area contributed by atoms with Crippen molar-refractivity contribution < 1.29 is 18.8 Å². The molecule has 1 aliphatic heterocycles. The second kappa shape index (κ2) is 8.19. The Balaban J connectivity index is 1.28. The molecule has 1 saturated heterocycles. The van der Waals surface area contributed by atoms with E-state index < -0.39 is 17.0 Å². The lowest BCUT2D eigenvalue weighted by Gasteiger charge is -2.29. The average molecular weight is 428 g/mol. The summed E-state index contributed by atoms with van der Waals surface area (Å²) in [6.07, 6.45) is 4.76. The Bertz CT molecular complexity index is 996. The highest BCUT2D eigenvalue weighted by Crippen LogP contribution is 2.42. The molecule has 1 N–H and O–H groups in total. The van der Waals surface area contributed by atoms with Gasteiger partial charge in [-0.2, -0.15) is 4.98 Å². The van der Waals surface area contributed by atoms with Crippen LogP contribution >= 0.6 is 0 Å². The molecule has 2 aromatic heterocycles. The lowest BCUT2D eigenvalue weighted by Crippen LogP contribution is -2.37. The molecule has 30 heavy (non-hydrogen) atoms. The molecule has 1 aromatic carbocycles. The summed E-state index contributed by atoms with van der Waals surface area (Å²) in [6, 6.07) is 9.53. The number of hydrogen-bond donors (Lipinski definition) is 1. The van der Waals surface area contributed by atoms with Crippen molar-refractivity contribution in [2.45, 2.75) is 42.9 Å². The van der Waals surface area contributed by atoms with E-state index in [4.69, 9.17) is 14.2 Å². The number of aromatic amines is 1. The predicted octanol–water partition coefficient (Wildman–Crippen LogP) is 3.50. The first kappa shape index (κ1) is 19.8. The van der Waals surface area contributed by atoms with E-state index in [-0.39, 0.29) is 11.7 Å². The van der Waals surface area contributed by atoms with Crippen LogP contribution in [0, 0.1) is 12.8 Å². The van der Waals surface area contributed by atoms with Crippen LogP contribution in [0.2, 0.25) is 0 Å². The molecule has 2 atom stereocenters. The van der Waals surface area contributed by atoms with Crippen molar-refractivity contribution in [3.05, 3.63) is 47.8 Å². The number of hydrogen-bond acceptors (Lipinski definition) is 6. The Morgan fingerprint density at radius 3 is 2.93 bits per heavy atom. The van der Waals surface area contributed by atoms with Crippen LogP contribution in [0.15, 0.2) is 41.7 Å². The molecule has 5 rings (SSSR count). The first-order chi connectivity index (χ1) is 14.6. The fourth-order valence-electron chi connectivity index (χ4n) is 4.36. The molecule has 3 heterocycles. The molecule has 1 spiro atoms. The SMILES string of the molecule is Cc1c(OCC2CCCC23OCCO3)ccnc1C[S+]([O-])c1nc2ccccc2[nH]1. The van der Waals surface area contributed by atoms with Crippen molar-refractivity contribution in [2.75, 3.05) is 19.8 Å². The topological polar surface area (TPSA) is 92.3 Å². The number of imidazole rings is 1. The number of para-hydroxylation sites is 2. The number of aromatic nitrogens is 3. The summed E-state index contributed by atoms with van der Waals surface area (Å²) in [6.45, 7) is 3.81. The molecule has 2 aliphatic rings. The third kappa shape index (κ3) is 3.69. The third-order valence-corrected chi connectivity index (χ3v) is 7.19. The number of benzene rings is 1. The maximum atomic E-state index is 12.9. The van der Waals surface area contributed by atoms with Gasteiger partial charge < -0.3 is 18.8 Å². The molecule has 2 unspecified atom stereocenters. The van der Waals surface area contributed by atoms with Crippen LogP contribution in [-0.4, -0.2) is 45.1 Å². The molecule has 1 aliphatic carbocycles. The smallest absolute Gasteiger partial charge is 0.322 e. The van der Waals surface area contributed by atoms with Gasteiger partial charge >= 0.3 is 5.16 Å². The minimum atomic E-state index is -1.32. The van der Waals surface area contributed by atoms with Gasteiger partial charge in [0.1, 0.15) is 5.75 Å². The molecule has 2 fully saturated rings. The standard InChI is InChI=1S/C22H25N3O4S/c1-15-19(14-30(26)21-24-17-6-2-3-7-18(17)25-21)23-10-8-20(15)27-13-16-5-4-9-22(16)28-11-12-29-22/h2-3,6-8,10,16H,4-5,9,11-14H2,1H3,(H,24,25). The monoisotopic (exact) mass is 427 g/mol. The van der Waals surface area contributed by atoms with E-state index >= 15 is 0 Å². The predicted molar refractivity (Wildman–Crippen MR) is 113 cm³/mol. The fraction of sp³-hybridized carbons (Fsp3) is 0.455. The largest absolute Gasteiger partial charge is 0.609 e. The van der Waals surface area contributed by atoms with E-state index in [0.29, 0.717) is 25.0 Å². The van der Waals surface area contributed by atoms with Crippen molar-refractivity contribution in [1.29, 1.82) is 0 Å². The summed E-state index contributed by atoms with van der Waals surface area (Å²) >= 11 is -1.32. The van der Waals surface area contributed by atoms with Crippen molar-refractivity contribution in [3.63, 3.8) is 0 Å². The Morgan fingerprint density at radius 2 is 2.10 bits per heavy atom. The summed E-state index contributed by atoms with van der Waals surface area (Å²) in [5.74, 6) is 0.803. The van der Waals surface area contributed by atoms with Crippen molar-refractivity contribution in [1.82, 2.24) is 15.0 Å². The normalized spacial score (nSPS) is 21.5. The fourth-order valence-corrected chi connectivity index (χ4v) is 5.46. The molecule has 1 saturated carbocycles. The van der Waals surface area contributed by atoms with Gasteiger partial charge in [0.05, 0.1) is 36.5 Å². The second-order valence-electron chi connectivity index (χ2n) is 7.84. The molecule has 0 radical (unpaired) electrons. The highest BCUT2D eigenvalue weighted by Gasteiger charge is 2.48. The van der Waals surface area contributed by atoms with Gasteiger partial charge in [-0.15, -0.1) is 0 Å². The number of fused-ring (bicyclic) bond motifs is 1. The molecule has 158 valence electrons. The van der Waals surface area contributed by atoms with Crippen LogP contribution < -0.4 is 4.74 Å². The lowest BCUT2D eigenvalue weighted by molar-refractivity contribution is -0.186. The molecule has 7 nitrogen and oxygen atoms in total. The number of nitrogens with zero attached hydrogens (tertiary/aromatic N) is 2. The quantitative estimate of drug-likeness (QED) is 0.606. The van der Waals surface area contributed by atoms with E-state index in [2.05, 4.69) is 15.0 Å². The summed E-state index contributed by atoms with van der Waals surface area (Å²) in [4.78, 5) is 12.0. The van der Waals surface area contributed by atoms with Crippen LogP contribution in [0.1, 0.15) is 30.5 Å². The molecule has 0 amide bonds. The second-order valence-corrected chi connectivity index (χ2v) is 9.21. The Kier molecular flexibility index (Phi) is 5.41. The minimum Gasteiger partial charge on any atom is -0.609 e. The van der Waals surface area contributed by atoms with Crippen LogP contribution in [0.5, 0.6) is 5.75 Å². The number of pyridine rings is 1. The van der Waals surface area contributed by atoms with Gasteiger partial charge in [0.25, 0.3) is 0 Å². The zero-order valence-corrected chi connectivity index (χ0v) is 17.7. The van der Waals surface area contributed by atoms with Gasteiger partial charge in [-0.1, -0.05) is 12.1 Å². The van der Waals surface area contributed by atoms with E-state index in [1.807, 2.05) is 37.3 Å². The van der Waals surface area contributed by atoms with Gasteiger partial charge in [0, 0.05) is 35.3 Å². The Labute approximate surface area is 178 Å². The minimum absolute atomic E-state index is 0.223. The van der Waals surface area contributed by atoms with Gasteiger partial charge in [-0.3, -0.25) is 9.97 Å². The highest BCUT2D eigenvalue weighted by atomic mass is 32.2. The molecule has 0 bridgehead atoms. The summed E-state index contributed by atoms with van der Waals surface area (Å²) < 4.78 is 30.9. The van der Waals surface area contributed by atoms with E-state index in [9.17, 15) is 4.55 Å². The molecule has 3 aromatic rings. The first-order valence-electron chi connectivity index (χ1n) is 10.3. The Hall–Kier alpha value is -2.13. The van der Waals surface area contributed by atoms with Crippen LogP contribution in [0.25, 0.3) is 11.0 Å². The van der Waals surface area contributed by atoms with Crippen molar-refractivity contribution in [2.24, 2.45) is 5.92 Å². The zero-order valence-electron chi connectivity index (χ0n) is 16.9. The molecule has 8 heteroatoms. The summed E-state index contributed by atoms with van der Waals surface area (Å²) in [5, 5.41) is 0.465. The maximum absolute atomic E-state index is 12.9. The number of nitrogens with one attached hydrogen (secondary N) is 1.